The molecule has 0 aliphatic heterocycles. The summed E-state index contributed by atoms with van der Waals surface area (Å²) >= 11 is 0. The van der Waals surface area contributed by atoms with E-state index in [0.29, 0.717) is 6.61 Å². The molecule has 0 bridgehead atoms. The van der Waals surface area contributed by atoms with Gasteiger partial charge in [-0.15, -0.1) is 0 Å². The average molecular weight is 341 g/mol. The van der Waals surface area contributed by atoms with E-state index in [1.807, 2.05) is 67.6 Å². The Labute approximate surface area is 147 Å². The van der Waals surface area contributed by atoms with Crippen molar-refractivity contribution in [2.45, 2.75) is 26.0 Å². The molecule has 0 saturated heterocycles. The molecule has 0 radical (unpaired) electrons. The molecular formula is C20H23NO4. The van der Waals surface area contributed by atoms with Gasteiger partial charge in [-0.3, -0.25) is 9.59 Å². The molecule has 2 N–H and O–H groups in total. The van der Waals surface area contributed by atoms with E-state index in [2.05, 4.69) is 5.32 Å². The van der Waals surface area contributed by atoms with Crippen molar-refractivity contribution in [3.8, 4) is 0 Å². The van der Waals surface area contributed by atoms with Gasteiger partial charge in [-0.05, 0) is 25.0 Å². The summed E-state index contributed by atoms with van der Waals surface area (Å²) in [5.74, 6) is -2.10. The zero-order valence-corrected chi connectivity index (χ0v) is 14.4. The van der Waals surface area contributed by atoms with Gasteiger partial charge in [0.05, 0.1) is 12.0 Å². The monoisotopic (exact) mass is 341 g/mol. The molecule has 5 heteroatoms. The van der Waals surface area contributed by atoms with E-state index in [1.54, 1.807) is 6.92 Å². The van der Waals surface area contributed by atoms with Gasteiger partial charge in [0.15, 0.2) is 6.10 Å². The van der Waals surface area contributed by atoms with E-state index >= 15 is 0 Å². The third-order valence-electron chi connectivity index (χ3n) is 4.02. The standard InChI is InChI=1S/C20H23NO4/c1-3-25-18(16-12-8-5-9-13-16)19(22)21-17(14(2)20(23)24)15-10-6-4-7-11-15/h4-14,17-18H,3H2,1-2H3,(H,21,22)(H,23,24). The highest BCUT2D eigenvalue weighted by Crippen LogP contribution is 2.25. The first kappa shape index (κ1) is 18.7. The van der Waals surface area contributed by atoms with Crippen LogP contribution in [0.15, 0.2) is 60.7 Å². The Balaban J connectivity index is 2.27. The average Bonchev–Trinajstić information content (AvgIpc) is 2.64. The van der Waals surface area contributed by atoms with Crippen molar-refractivity contribution in [3.05, 3.63) is 71.8 Å². The SMILES string of the molecule is CCOC(C(=O)NC(c1ccccc1)C(C)C(=O)O)c1ccccc1. The number of ether oxygens (including phenoxy) is 1. The molecule has 2 aromatic carbocycles. The summed E-state index contributed by atoms with van der Waals surface area (Å²) in [5, 5.41) is 12.3. The van der Waals surface area contributed by atoms with Crippen LogP contribution in [0.2, 0.25) is 0 Å². The van der Waals surface area contributed by atoms with Crippen LogP contribution in [0.3, 0.4) is 0 Å². The van der Waals surface area contributed by atoms with Crippen LogP contribution in [-0.2, 0) is 14.3 Å². The predicted molar refractivity (Wildman–Crippen MR) is 94.9 cm³/mol. The summed E-state index contributed by atoms with van der Waals surface area (Å²) in [7, 11) is 0. The number of carboxylic acid groups (broad SMARTS) is 1. The van der Waals surface area contributed by atoms with Crippen molar-refractivity contribution in [1.29, 1.82) is 0 Å². The molecule has 3 unspecified atom stereocenters. The highest BCUT2D eigenvalue weighted by molar-refractivity contribution is 5.83. The molecular weight excluding hydrogens is 318 g/mol. The first-order chi connectivity index (χ1) is 12.0. The Hall–Kier alpha value is -2.66. The molecule has 25 heavy (non-hydrogen) atoms. The predicted octanol–water partition coefficient (Wildman–Crippen LogP) is 3.34. The lowest BCUT2D eigenvalue weighted by Gasteiger charge is -2.26. The molecule has 3 atom stereocenters. The topological polar surface area (TPSA) is 75.6 Å². The molecule has 2 rings (SSSR count). The van der Waals surface area contributed by atoms with E-state index in [9.17, 15) is 14.7 Å². The van der Waals surface area contributed by atoms with Crippen molar-refractivity contribution >= 4 is 11.9 Å². The fourth-order valence-electron chi connectivity index (χ4n) is 2.65. The maximum absolute atomic E-state index is 12.8. The van der Waals surface area contributed by atoms with Crippen molar-refractivity contribution < 1.29 is 19.4 Å². The van der Waals surface area contributed by atoms with Crippen molar-refractivity contribution in [1.82, 2.24) is 5.32 Å². The van der Waals surface area contributed by atoms with Gasteiger partial charge in [0.25, 0.3) is 5.91 Å². The third kappa shape index (κ3) is 4.90. The highest BCUT2D eigenvalue weighted by Gasteiger charge is 2.30. The van der Waals surface area contributed by atoms with E-state index < -0.39 is 24.0 Å². The summed E-state index contributed by atoms with van der Waals surface area (Å²) in [6.07, 6.45) is -0.779. The number of hydrogen-bond acceptors (Lipinski definition) is 3. The minimum absolute atomic E-state index is 0.352. The zero-order chi connectivity index (χ0) is 18.2. The van der Waals surface area contributed by atoms with Crippen LogP contribution in [0.5, 0.6) is 0 Å². The molecule has 0 aliphatic rings. The maximum atomic E-state index is 12.8. The summed E-state index contributed by atoms with van der Waals surface area (Å²) in [4.78, 5) is 24.3. The number of carbonyl (C=O) groups is 2. The minimum Gasteiger partial charge on any atom is -0.481 e. The van der Waals surface area contributed by atoms with Gasteiger partial charge in [0.2, 0.25) is 0 Å². The van der Waals surface area contributed by atoms with Gasteiger partial charge in [-0.1, -0.05) is 60.7 Å². The second kappa shape index (κ2) is 8.99. The second-order valence-electron chi connectivity index (χ2n) is 5.77. The van der Waals surface area contributed by atoms with Gasteiger partial charge in [-0.25, -0.2) is 0 Å². The summed E-state index contributed by atoms with van der Waals surface area (Å²) in [6.45, 7) is 3.77. The number of aliphatic carboxylic acids is 1. The highest BCUT2D eigenvalue weighted by atomic mass is 16.5. The molecule has 0 aromatic heterocycles. The lowest BCUT2D eigenvalue weighted by molar-refractivity contribution is -0.143. The van der Waals surface area contributed by atoms with E-state index in [0.717, 1.165) is 11.1 Å². The van der Waals surface area contributed by atoms with E-state index in [4.69, 9.17) is 4.74 Å². The van der Waals surface area contributed by atoms with Crippen LogP contribution in [-0.4, -0.2) is 23.6 Å². The van der Waals surface area contributed by atoms with Gasteiger partial charge < -0.3 is 15.2 Å². The quantitative estimate of drug-likeness (QED) is 0.772. The van der Waals surface area contributed by atoms with E-state index in [1.165, 1.54) is 0 Å². The van der Waals surface area contributed by atoms with Crippen LogP contribution in [0.1, 0.15) is 37.1 Å². The van der Waals surface area contributed by atoms with Crippen molar-refractivity contribution in [2.24, 2.45) is 5.92 Å². The van der Waals surface area contributed by atoms with Crippen LogP contribution in [0, 0.1) is 5.92 Å². The Bertz CT molecular complexity index is 687. The smallest absolute Gasteiger partial charge is 0.308 e. The van der Waals surface area contributed by atoms with Crippen LogP contribution >= 0.6 is 0 Å². The molecule has 0 spiro atoms. The second-order valence-corrected chi connectivity index (χ2v) is 5.77. The number of nitrogens with one attached hydrogen (secondary N) is 1. The zero-order valence-electron chi connectivity index (χ0n) is 14.4. The van der Waals surface area contributed by atoms with Gasteiger partial charge >= 0.3 is 5.97 Å². The maximum Gasteiger partial charge on any atom is 0.308 e. The largest absolute Gasteiger partial charge is 0.481 e. The lowest BCUT2D eigenvalue weighted by Crippen LogP contribution is -2.39. The fraction of sp³-hybridized carbons (Fsp3) is 0.300. The summed E-state index contributed by atoms with van der Waals surface area (Å²) in [6, 6.07) is 17.6. The van der Waals surface area contributed by atoms with Crippen LogP contribution < -0.4 is 5.32 Å². The molecule has 0 fully saturated rings. The first-order valence-electron chi connectivity index (χ1n) is 8.29. The fourth-order valence-corrected chi connectivity index (χ4v) is 2.65. The lowest BCUT2D eigenvalue weighted by atomic mass is 9.94. The number of carboxylic acids is 1. The van der Waals surface area contributed by atoms with Gasteiger partial charge in [0, 0.05) is 6.61 Å². The van der Waals surface area contributed by atoms with Crippen LogP contribution in [0.25, 0.3) is 0 Å². The molecule has 5 nitrogen and oxygen atoms in total. The molecule has 132 valence electrons. The third-order valence-corrected chi connectivity index (χ3v) is 4.02. The molecule has 0 heterocycles. The first-order valence-corrected chi connectivity index (χ1v) is 8.29. The van der Waals surface area contributed by atoms with E-state index in [-0.39, 0.29) is 5.91 Å². The molecule has 1 amide bonds. The van der Waals surface area contributed by atoms with Gasteiger partial charge in [0.1, 0.15) is 0 Å². The number of hydrogen-bond donors (Lipinski definition) is 2. The Morgan fingerprint density at radius 1 is 1.00 bits per heavy atom. The Morgan fingerprint density at radius 2 is 1.52 bits per heavy atom. The van der Waals surface area contributed by atoms with Crippen molar-refractivity contribution in [2.75, 3.05) is 6.61 Å². The summed E-state index contributed by atoms with van der Waals surface area (Å²) < 4.78 is 5.61. The number of amides is 1. The Morgan fingerprint density at radius 3 is 2.00 bits per heavy atom. The molecule has 0 saturated carbocycles. The summed E-state index contributed by atoms with van der Waals surface area (Å²) in [5.41, 5.74) is 1.48. The number of rotatable bonds is 8. The Kier molecular flexibility index (Phi) is 6.71. The molecule has 0 aliphatic carbocycles. The van der Waals surface area contributed by atoms with Crippen LogP contribution in [0.4, 0.5) is 0 Å². The minimum atomic E-state index is -0.971. The normalized spacial score (nSPS) is 14.3. The molecule has 2 aromatic rings. The number of benzene rings is 2. The van der Waals surface area contributed by atoms with Crippen molar-refractivity contribution in [3.63, 3.8) is 0 Å². The number of carbonyl (C=O) groups excluding carboxylic acids is 1. The van der Waals surface area contributed by atoms with Gasteiger partial charge in [-0.2, -0.15) is 0 Å².